The first-order valence-electron chi connectivity index (χ1n) is 7.75. The van der Waals surface area contributed by atoms with E-state index in [1.807, 2.05) is 0 Å². The van der Waals surface area contributed by atoms with Crippen molar-refractivity contribution in [3.63, 3.8) is 0 Å². The van der Waals surface area contributed by atoms with Gasteiger partial charge in [-0.2, -0.15) is 0 Å². The van der Waals surface area contributed by atoms with Gasteiger partial charge in [0, 0.05) is 6.04 Å². The maximum Gasteiger partial charge on any atom is 0.122 e. The van der Waals surface area contributed by atoms with E-state index in [2.05, 4.69) is 25.1 Å². The molecule has 1 aromatic rings. The average molecular weight is 259 g/mol. The second-order valence-electron chi connectivity index (χ2n) is 6.36. The molecule has 0 spiro atoms. The zero-order valence-corrected chi connectivity index (χ0v) is 11.9. The molecular weight excluding hydrogens is 234 g/mol. The lowest BCUT2D eigenvalue weighted by Crippen LogP contribution is -2.25. The van der Waals surface area contributed by atoms with E-state index >= 15 is 0 Å². The SMILES string of the molecule is CC1CCC(C(N)c2ccc3c(c2)CCCO3)CC1. The predicted octanol–water partition coefficient (Wildman–Crippen LogP) is 3.84. The van der Waals surface area contributed by atoms with Crippen LogP contribution >= 0.6 is 0 Å². The van der Waals surface area contributed by atoms with Crippen molar-refractivity contribution in [3.8, 4) is 5.75 Å². The lowest BCUT2D eigenvalue weighted by molar-refractivity contribution is 0.255. The molecule has 0 radical (unpaired) electrons. The van der Waals surface area contributed by atoms with Gasteiger partial charge in [-0.05, 0) is 54.7 Å². The van der Waals surface area contributed by atoms with Crippen molar-refractivity contribution in [2.75, 3.05) is 6.61 Å². The third kappa shape index (κ3) is 2.79. The minimum absolute atomic E-state index is 0.208. The van der Waals surface area contributed by atoms with Gasteiger partial charge in [0.1, 0.15) is 5.75 Å². The van der Waals surface area contributed by atoms with Crippen LogP contribution in [0.3, 0.4) is 0 Å². The van der Waals surface area contributed by atoms with E-state index in [0.717, 1.165) is 31.1 Å². The summed E-state index contributed by atoms with van der Waals surface area (Å²) in [5.74, 6) is 2.62. The highest BCUT2D eigenvalue weighted by Gasteiger charge is 2.25. The minimum atomic E-state index is 0.208. The molecule has 0 saturated heterocycles. The Labute approximate surface area is 116 Å². The normalized spacial score (nSPS) is 28.3. The minimum Gasteiger partial charge on any atom is -0.493 e. The molecule has 0 bridgehead atoms. The maximum absolute atomic E-state index is 6.51. The predicted molar refractivity (Wildman–Crippen MR) is 78.3 cm³/mol. The quantitative estimate of drug-likeness (QED) is 0.876. The van der Waals surface area contributed by atoms with Crippen LogP contribution in [0, 0.1) is 11.8 Å². The van der Waals surface area contributed by atoms with Crippen molar-refractivity contribution >= 4 is 0 Å². The molecule has 1 aliphatic carbocycles. The molecule has 2 nitrogen and oxygen atoms in total. The molecular formula is C17H25NO. The second kappa shape index (κ2) is 5.54. The summed E-state index contributed by atoms with van der Waals surface area (Å²) in [6.07, 6.45) is 7.52. The number of hydrogen-bond donors (Lipinski definition) is 1. The van der Waals surface area contributed by atoms with Crippen LogP contribution < -0.4 is 10.5 Å². The molecule has 1 saturated carbocycles. The largest absolute Gasteiger partial charge is 0.493 e. The number of benzene rings is 1. The number of nitrogens with two attached hydrogens (primary N) is 1. The Hall–Kier alpha value is -1.02. The molecule has 1 heterocycles. The van der Waals surface area contributed by atoms with E-state index in [4.69, 9.17) is 10.5 Å². The summed E-state index contributed by atoms with van der Waals surface area (Å²) in [4.78, 5) is 0. The molecule has 19 heavy (non-hydrogen) atoms. The summed E-state index contributed by atoms with van der Waals surface area (Å²) in [6.45, 7) is 3.22. The number of hydrogen-bond acceptors (Lipinski definition) is 2. The van der Waals surface area contributed by atoms with Crippen molar-refractivity contribution in [3.05, 3.63) is 29.3 Å². The van der Waals surface area contributed by atoms with Gasteiger partial charge < -0.3 is 10.5 Å². The summed E-state index contributed by atoms with van der Waals surface area (Å²) >= 11 is 0. The Morgan fingerprint density at radius 3 is 2.79 bits per heavy atom. The molecule has 1 aliphatic heterocycles. The number of ether oxygens (including phenoxy) is 1. The van der Waals surface area contributed by atoms with Gasteiger partial charge in [0.05, 0.1) is 6.61 Å². The lowest BCUT2D eigenvalue weighted by Gasteiger charge is -2.31. The van der Waals surface area contributed by atoms with Crippen LogP contribution in [0.2, 0.25) is 0 Å². The summed E-state index contributed by atoms with van der Waals surface area (Å²) in [5.41, 5.74) is 9.17. The second-order valence-corrected chi connectivity index (χ2v) is 6.36. The van der Waals surface area contributed by atoms with Gasteiger partial charge in [-0.1, -0.05) is 31.9 Å². The third-order valence-corrected chi connectivity index (χ3v) is 4.89. The van der Waals surface area contributed by atoms with Crippen molar-refractivity contribution in [1.29, 1.82) is 0 Å². The van der Waals surface area contributed by atoms with Crippen LogP contribution in [-0.4, -0.2) is 6.61 Å². The Bertz CT molecular complexity index is 435. The van der Waals surface area contributed by atoms with E-state index in [0.29, 0.717) is 5.92 Å². The standard InChI is InChI=1S/C17H25NO/c1-12-4-6-13(7-5-12)17(18)15-8-9-16-14(11-15)3-2-10-19-16/h8-9,11-13,17H,2-7,10,18H2,1H3. The number of rotatable bonds is 2. The zero-order valence-electron chi connectivity index (χ0n) is 11.9. The Morgan fingerprint density at radius 1 is 1.21 bits per heavy atom. The molecule has 0 aromatic heterocycles. The molecule has 1 atom stereocenters. The molecule has 3 rings (SSSR count). The van der Waals surface area contributed by atoms with Gasteiger partial charge in [0.15, 0.2) is 0 Å². The first kappa shape index (κ1) is 13.0. The van der Waals surface area contributed by atoms with Crippen LogP contribution in [0.25, 0.3) is 0 Å². The molecule has 2 heteroatoms. The van der Waals surface area contributed by atoms with Gasteiger partial charge in [-0.25, -0.2) is 0 Å². The van der Waals surface area contributed by atoms with Crippen molar-refractivity contribution < 1.29 is 4.74 Å². The summed E-state index contributed by atoms with van der Waals surface area (Å²) in [7, 11) is 0. The van der Waals surface area contributed by atoms with E-state index < -0.39 is 0 Å². The average Bonchev–Trinajstić information content (AvgIpc) is 2.47. The smallest absolute Gasteiger partial charge is 0.122 e. The van der Waals surface area contributed by atoms with E-state index in [1.54, 1.807) is 0 Å². The Kier molecular flexibility index (Phi) is 3.79. The monoisotopic (exact) mass is 259 g/mol. The fourth-order valence-electron chi connectivity index (χ4n) is 3.50. The van der Waals surface area contributed by atoms with Gasteiger partial charge in [0.2, 0.25) is 0 Å². The van der Waals surface area contributed by atoms with Gasteiger partial charge >= 0.3 is 0 Å². The third-order valence-electron chi connectivity index (χ3n) is 4.89. The number of fused-ring (bicyclic) bond motifs is 1. The Morgan fingerprint density at radius 2 is 2.00 bits per heavy atom. The fraction of sp³-hybridized carbons (Fsp3) is 0.647. The van der Waals surface area contributed by atoms with Crippen LogP contribution in [0.5, 0.6) is 5.75 Å². The fourth-order valence-corrected chi connectivity index (χ4v) is 3.50. The van der Waals surface area contributed by atoms with Gasteiger partial charge in [0.25, 0.3) is 0 Å². The van der Waals surface area contributed by atoms with E-state index in [1.165, 1.54) is 36.8 Å². The molecule has 0 amide bonds. The molecule has 1 unspecified atom stereocenters. The molecule has 2 aliphatic rings. The highest BCUT2D eigenvalue weighted by atomic mass is 16.5. The Balaban J connectivity index is 1.74. The zero-order chi connectivity index (χ0) is 13.2. The summed E-state index contributed by atoms with van der Waals surface area (Å²) in [5, 5.41) is 0. The van der Waals surface area contributed by atoms with Crippen LogP contribution in [0.4, 0.5) is 0 Å². The lowest BCUT2D eigenvalue weighted by atomic mass is 9.77. The number of aryl methyl sites for hydroxylation is 1. The van der Waals surface area contributed by atoms with Gasteiger partial charge in [-0.15, -0.1) is 0 Å². The van der Waals surface area contributed by atoms with Gasteiger partial charge in [-0.3, -0.25) is 0 Å². The highest BCUT2D eigenvalue weighted by molar-refractivity contribution is 5.39. The summed E-state index contributed by atoms with van der Waals surface area (Å²) < 4.78 is 5.68. The first-order valence-corrected chi connectivity index (χ1v) is 7.75. The van der Waals surface area contributed by atoms with Crippen molar-refractivity contribution in [2.45, 2.75) is 51.5 Å². The molecule has 104 valence electrons. The maximum atomic E-state index is 6.51. The first-order chi connectivity index (χ1) is 9.24. The van der Waals surface area contributed by atoms with Crippen LogP contribution in [0.1, 0.15) is 56.2 Å². The molecule has 2 N–H and O–H groups in total. The molecule has 1 aromatic carbocycles. The summed E-state index contributed by atoms with van der Waals surface area (Å²) in [6, 6.07) is 6.79. The molecule has 1 fully saturated rings. The topological polar surface area (TPSA) is 35.2 Å². The highest BCUT2D eigenvalue weighted by Crippen LogP contribution is 2.37. The van der Waals surface area contributed by atoms with E-state index in [-0.39, 0.29) is 6.04 Å². The van der Waals surface area contributed by atoms with Crippen LogP contribution in [-0.2, 0) is 6.42 Å². The van der Waals surface area contributed by atoms with Crippen molar-refractivity contribution in [1.82, 2.24) is 0 Å². The van der Waals surface area contributed by atoms with Crippen molar-refractivity contribution in [2.24, 2.45) is 17.6 Å². The van der Waals surface area contributed by atoms with E-state index in [9.17, 15) is 0 Å². The van der Waals surface area contributed by atoms with Crippen LogP contribution in [0.15, 0.2) is 18.2 Å².